The van der Waals surface area contributed by atoms with E-state index in [2.05, 4.69) is 68.0 Å². The summed E-state index contributed by atoms with van der Waals surface area (Å²) in [4.78, 5) is 2.68. The summed E-state index contributed by atoms with van der Waals surface area (Å²) in [5, 5.41) is 7.88. The molecule has 3 heteroatoms. The van der Waals surface area contributed by atoms with Gasteiger partial charge >= 0.3 is 0 Å². The van der Waals surface area contributed by atoms with Crippen LogP contribution in [0.5, 0.6) is 0 Å². The van der Waals surface area contributed by atoms with Gasteiger partial charge in [0.1, 0.15) is 0 Å². The first-order chi connectivity index (χ1) is 8.94. The van der Waals surface area contributed by atoms with Crippen molar-refractivity contribution in [2.24, 2.45) is 0 Å². The van der Waals surface area contributed by atoms with Gasteiger partial charge in [0.05, 0.1) is 0 Å². The topological polar surface area (TPSA) is 12.0 Å². The second-order valence-electron chi connectivity index (χ2n) is 5.81. The van der Waals surface area contributed by atoms with Crippen LogP contribution in [0.1, 0.15) is 32.6 Å². The molecule has 1 nitrogen and oxygen atoms in total. The van der Waals surface area contributed by atoms with E-state index < -0.39 is 0 Å². The second kappa shape index (κ2) is 6.04. The number of rotatable bonds is 4. The lowest BCUT2D eigenvalue weighted by molar-refractivity contribution is 0.445. The van der Waals surface area contributed by atoms with Crippen LogP contribution in [0.3, 0.4) is 0 Å². The van der Waals surface area contributed by atoms with Crippen molar-refractivity contribution in [1.82, 2.24) is 5.32 Å². The van der Waals surface area contributed by atoms with Gasteiger partial charge in [-0.05, 0) is 56.7 Å². The first-order valence-electron chi connectivity index (χ1n) is 6.49. The van der Waals surface area contributed by atoms with E-state index in [1.165, 1.54) is 20.9 Å². The average Bonchev–Trinajstić information content (AvgIpc) is 2.94. The van der Waals surface area contributed by atoms with Gasteiger partial charge in [-0.1, -0.05) is 11.6 Å². The molecule has 0 aromatic carbocycles. The Balaban J connectivity index is 2.03. The molecule has 1 N–H and O–H groups in total. The van der Waals surface area contributed by atoms with Crippen LogP contribution >= 0.6 is 22.7 Å². The first-order valence-corrected chi connectivity index (χ1v) is 8.24. The minimum absolute atomic E-state index is 0.173. The van der Waals surface area contributed by atoms with Crippen molar-refractivity contribution < 1.29 is 0 Å². The highest BCUT2D eigenvalue weighted by Gasteiger charge is 2.08. The Morgan fingerprint density at radius 2 is 2.11 bits per heavy atom. The number of nitrogens with one attached hydrogen (secondary N) is 1. The number of hydrogen-bond donors (Lipinski definition) is 1. The lowest BCUT2D eigenvalue weighted by Crippen LogP contribution is -2.36. The summed E-state index contributed by atoms with van der Waals surface area (Å²) in [7, 11) is 0. The van der Waals surface area contributed by atoms with Gasteiger partial charge < -0.3 is 5.32 Å². The summed E-state index contributed by atoms with van der Waals surface area (Å²) in [6.07, 6.45) is 2.28. The number of hydrogen-bond acceptors (Lipinski definition) is 3. The minimum Gasteiger partial charge on any atom is -0.308 e. The highest BCUT2D eigenvalue weighted by molar-refractivity contribution is 7.15. The zero-order valence-corrected chi connectivity index (χ0v) is 13.6. The average molecular weight is 291 g/mol. The van der Waals surface area contributed by atoms with Gasteiger partial charge in [-0.15, -0.1) is 22.7 Å². The van der Waals surface area contributed by atoms with E-state index in [1.54, 1.807) is 11.3 Å². The maximum absolute atomic E-state index is 3.51. The molecule has 2 heterocycles. The third-order valence-corrected chi connectivity index (χ3v) is 4.51. The summed E-state index contributed by atoms with van der Waals surface area (Å²) < 4.78 is 0. The van der Waals surface area contributed by atoms with Crippen LogP contribution in [0, 0.1) is 0 Å². The van der Waals surface area contributed by atoms with Crippen molar-refractivity contribution in [3.05, 3.63) is 39.4 Å². The molecule has 0 saturated heterocycles. The van der Waals surface area contributed by atoms with E-state index in [1.807, 2.05) is 11.3 Å². The molecule has 0 aliphatic heterocycles. The van der Waals surface area contributed by atoms with E-state index in [9.17, 15) is 0 Å². The predicted molar refractivity (Wildman–Crippen MR) is 89.0 cm³/mol. The molecule has 2 rings (SSSR count). The molecule has 0 amide bonds. The number of thiophene rings is 2. The molecular formula is C16H21NS2. The molecule has 102 valence electrons. The predicted octanol–water partition coefficient (Wildman–Crippen LogP) is 5.27. The monoisotopic (exact) mass is 291 g/mol. The van der Waals surface area contributed by atoms with Crippen molar-refractivity contribution in [3.63, 3.8) is 0 Å². The van der Waals surface area contributed by atoms with Crippen molar-refractivity contribution >= 4 is 28.7 Å². The molecule has 0 fully saturated rings. The van der Waals surface area contributed by atoms with Gasteiger partial charge in [0, 0.05) is 27.4 Å². The molecule has 0 atom stereocenters. The maximum Gasteiger partial charge on any atom is 0.0351 e. The zero-order chi connectivity index (χ0) is 13.9. The highest BCUT2D eigenvalue weighted by Crippen LogP contribution is 2.30. The third-order valence-electron chi connectivity index (χ3n) is 2.71. The van der Waals surface area contributed by atoms with Gasteiger partial charge in [-0.25, -0.2) is 0 Å². The zero-order valence-electron chi connectivity index (χ0n) is 12.0. The summed E-state index contributed by atoms with van der Waals surface area (Å²) in [5.74, 6) is 0. The largest absolute Gasteiger partial charge is 0.308 e. The van der Waals surface area contributed by atoms with Crippen molar-refractivity contribution in [2.45, 2.75) is 33.2 Å². The van der Waals surface area contributed by atoms with Gasteiger partial charge in [-0.2, -0.15) is 0 Å². The van der Waals surface area contributed by atoms with Crippen molar-refractivity contribution in [3.8, 4) is 10.4 Å². The fourth-order valence-electron chi connectivity index (χ4n) is 1.70. The summed E-state index contributed by atoms with van der Waals surface area (Å²) >= 11 is 3.61. The van der Waals surface area contributed by atoms with Crippen LogP contribution in [-0.2, 0) is 0 Å². The second-order valence-corrected chi connectivity index (χ2v) is 7.70. The van der Waals surface area contributed by atoms with Crippen LogP contribution in [0.25, 0.3) is 16.5 Å². The molecule has 2 aromatic rings. The Bertz CT molecular complexity index is 542. The fraction of sp³-hybridized carbons (Fsp3) is 0.375. The molecule has 19 heavy (non-hydrogen) atoms. The molecule has 0 bridgehead atoms. The van der Waals surface area contributed by atoms with Gasteiger partial charge in [0.2, 0.25) is 0 Å². The fourth-order valence-corrected chi connectivity index (χ4v) is 3.41. The highest BCUT2D eigenvalue weighted by atomic mass is 32.1. The normalized spacial score (nSPS) is 12.9. The Morgan fingerprint density at radius 1 is 1.32 bits per heavy atom. The molecule has 0 spiro atoms. The third kappa shape index (κ3) is 4.60. The van der Waals surface area contributed by atoms with E-state index in [4.69, 9.17) is 0 Å². The lowest BCUT2D eigenvalue weighted by Gasteiger charge is -2.20. The minimum atomic E-state index is 0.173. The van der Waals surface area contributed by atoms with E-state index in [0.717, 1.165) is 6.54 Å². The molecule has 0 unspecified atom stereocenters. The lowest BCUT2D eigenvalue weighted by atomic mass is 10.1. The summed E-state index contributed by atoms with van der Waals surface area (Å²) in [6, 6.07) is 6.55. The Hall–Kier alpha value is -0.900. The smallest absolute Gasteiger partial charge is 0.0351 e. The van der Waals surface area contributed by atoms with Crippen LogP contribution < -0.4 is 5.32 Å². The Morgan fingerprint density at radius 3 is 2.74 bits per heavy atom. The van der Waals surface area contributed by atoms with Gasteiger partial charge in [0.25, 0.3) is 0 Å². The quantitative estimate of drug-likeness (QED) is 0.809. The molecule has 0 aliphatic rings. The first kappa shape index (κ1) is 14.5. The van der Waals surface area contributed by atoms with E-state index >= 15 is 0 Å². The van der Waals surface area contributed by atoms with Gasteiger partial charge in [0.15, 0.2) is 0 Å². The van der Waals surface area contributed by atoms with Crippen LogP contribution in [0.2, 0.25) is 0 Å². The molecule has 0 radical (unpaired) electrons. The molecule has 0 saturated carbocycles. The SMILES string of the molecule is CC(=Cc1cc(-c2cccs2)cs1)CNC(C)(C)C. The van der Waals surface area contributed by atoms with E-state index in [-0.39, 0.29) is 5.54 Å². The Labute approximate surface area is 124 Å². The molecular weight excluding hydrogens is 270 g/mol. The molecule has 0 aliphatic carbocycles. The van der Waals surface area contributed by atoms with E-state index in [0.29, 0.717) is 0 Å². The van der Waals surface area contributed by atoms with Crippen molar-refractivity contribution in [2.75, 3.05) is 6.54 Å². The van der Waals surface area contributed by atoms with Crippen LogP contribution in [0.4, 0.5) is 0 Å². The van der Waals surface area contributed by atoms with Gasteiger partial charge in [-0.3, -0.25) is 0 Å². The standard InChI is InChI=1S/C16H21NS2/c1-12(10-17-16(2,3)4)8-14-9-13(11-19-14)15-6-5-7-18-15/h5-9,11,17H,10H2,1-4H3. The van der Waals surface area contributed by atoms with Crippen molar-refractivity contribution in [1.29, 1.82) is 0 Å². The summed E-state index contributed by atoms with van der Waals surface area (Å²) in [6.45, 7) is 9.71. The summed E-state index contributed by atoms with van der Waals surface area (Å²) in [5.41, 5.74) is 2.88. The van der Waals surface area contributed by atoms with Crippen LogP contribution in [0.15, 0.2) is 34.5 Å². The van der Waals surface area contributed by atoms with Crippen LogP contribution in [-0.4, -0.2) is 12.1 Å². The maximum atomic E-state index is 3.51. The molecule has 2 aromatic heterocycles. The Kier molecular flexibility index (Phi) is 4.61.